The number of hydrogen-bond donors (Lipinski definition) is 1. The molecule has 0 bridgehead atoms. The predicted octanol–water partition coefficient (Wildman–Crippen LogP) is 3.03. The van der Waals surface area contributed by atoms with Crippen molar-refractivity contribution in [3.8, 4) is 0 Å². The Morgan fingerprint density at radius 1 is 1.47 bits per heavy atom. The number of rotatable bonds is 2. The minimum Gasteiger partial charge on any atom is -0.480 e. The fourth-order valence-electron chi connectivity index (χ4n) is 2.43. The molecule has 1 unspecified atom stereocenters. The van der Waals surface area contributed by atoms with Crippen LogP contribution >= 0.6 is 15.9 Å². The topological polar surface area (TPSA) is 66.6 Å². The molecule has 19 heavy (non-hydrogen) atoms. The lowest BCUT2D eigenvalue weighted by molar-refractivity contribution is -0.139. The van der Waals surface area contributed by atoms with Crippen molar-refractivity contribution in [1.29, 1.82) is 0 Å². The van der Waals surface area contributed by atoms with Crippen LogP contribution in [0.15, 0.2) is 27.1 Å². The summed E-state index contributed by atoms with van der Waals surface area (Å²) in [5, 5.41) is 9.27. The average molecular weight is 325 g/mol. The molecule has 0 amide bonds. The Labute approximate surface area is 118 Å². The van der Waals surface area contributed by atoms with E-state index in [-0.39, 0.29) is 0 Å². The van der Waals surface area contributed by atoms with Gasteiger partial charge in [0.15, 0.2) is 5.58 Å². The minimum absolute atomic E-state index is 0.403. The summed E-state index contributed by atoms with van der Waals surface area (Å²) >= 11 is 3.38. The summed E-state index contributed by atoms with van der Waals surface area (Å²) in [6.07, 6.45) is 2.53. The van der Waals surface area contributed by atoms with E-state index in [0.29, 0.717) is 24.6 Å². The highest BCUT2D eigenvalue weighted by atomic mass is 79.9. The zero-order valence-electron chi connectivity index (χ0n) is 10.2. The van der Waals surface area contributed by atoms with Crippen LogP contribution < -0.4 is 4.90 Å². The number of halogens is 1. The van der Waals surface area contributed by atoms with Crippen LogP contribution in [0, 0.1) is 0 Å². The van der Waals surface area contributed by atoms with Crippen LogP contribution in [0.3, 0.4) is 0 Å². The van der Waals surface area contributed by atoms with Crippen molar-refractivity contribution in [2.75, 3.05) is 11.4 Å². The molecular formula is C13H13BrN2O3. The standard InChI is InChI=1S/C13H13BrN2O3/c14-8-4-5-9-11(7-8)19-13(15-9)16-6-2-1-3-10(16)12(17)18/h4-5,7,10H,1-3,6H2,(H,17,18). The van der Waals surface area contributed by atoms with Crippen LogP contribution in [0.4, 0.5) is 6.01 Å². The number of nitrogens with zero attached hydrogens (tertiary/aromatic N) is 2. The molecule has 100 valence electrons. The lowest BCUT2D eigenvalue weighted by Crippen LogP contribution is -2.44. The van der Waals surface area contributed by atoms with E-state index in [0.717, 1.165) is 22.8 Å². The van der Waals surface area contributed by atoms with E-state index in [1.165, 1.54) is 0 Å². The number of carboxylic acids is 1. The third kappa shape index (κ3) is 2.32. The smallest absolute Gasteiger partial charge is 0.326 e. The van der Waals surface area contributed by atoms with Gasteiger partial charge < -0.3 is 14.4 Å². The third-order valence-electron chi connectivity index (χ3n) is 3.37. The molecule has 0 aliphatic carbocycles. The maximum absolute atomic E-state index is 11.3. The van der Waals surface area contributed by atoms with E-state index in [1.54, 1.807) is 4.90 Å². The molecule has 2 heterocycles. The van der Waals surface area contributed by atoms with E-state index >= 15 is 0 Å². The maximum atomic E-state index is 11.3. The van der Waals surface area contributed by atoms with Crippen molar-refractivity contribution in [3.63, 3.8) is 0 Å². The van der Waals surface area contributed by atoms with Crippen molar-refractivity contribution in [3.05, 3.63) is 22.7 Å². The van der Waals surface area contributed by atoms with Gasteiger partial charge in [0.25, 0.3) is 6.01 Å². The predicted molar refractivity (Wildman–Crippen MR) is 74.3 cm³/mol. The number of fused-ring (bicyclic) bond motifs is 1. The first kappa shape index (κ1) is 12.5. The van der Waals surface area contributed by atoms with E-state index in [4.69, 9.17) is 4.42 Å². The van der Waals surface area contributed by atoms with Gasteiger partial charge in [-0.25, -0.2) is 4.79 Å². The van der Waals surface area contributed by atoms with E-state index < -0.39 is 12.0 Å². The van der Waals surface area contributed by atoms with Gasteiger partial charge >= 0.3 is 5.97 Å². The van der Waals surface area contributed by atoms with Crippen molar-refractivity contribution in [2.45, 2.75) is 25.3 Å². The number of anilines is 1. The monoisotopic (exact) mass is 324 g/mol. The maximum Gasteiger partial charge on any atom is 0.326 e. The largest absolute Gasteiger partial charge is 0.480 e. The number of carbonyl (C=O) groups is 1. The summed E-state index contributed by atoms with van der Waals surface area (Å²) in [5.74, 6) is -0.817. The molecule has 3 rings (SSSR count). The second kappa shape index (κ2) is 4.85. The molecule has 1 N–H and O–H groups in total. The molecule has 2 aromatic rings. The Balaban J connectivity index is 1.99. The molecule has 1 aromatic carbocycles. The molecule has 0 radical (unpaired) electrons. The normalized spacial score (nSPS) is 19.8. The van der Waals surface area contributed by atoms with E-state index in [9.17, 15) is 9.90 Å². The third-order valence-corrected chi connectivity index (χ3v) is 3.87. The first-order valence-corrected chi connectivity index (χ1v) is 7.00. The average Bonchev–Trinajstić information content (AvgIpc) is 2.81. The molecule has 1 atom stereocenters. The summed E-state index contributed by atoms with van der Waals surface area (Å²) in [7, 11) is 0. The first-order chi connectivity index (χ1) is 9.15. The first-order valence-electron chi connectivity index (χ1n) is 6.21. The molecule has 1 aliphatic rings. The summed E-state index contributed by atoms with van der Waals surface area (Å²) < 4.78 is 6.60. The molecule has 5 nitrogen and oxygen atoms in total. The van der Waals surface area contributed by atoms with Gasteiger partial charge in [0, 0.05) is 11.0 Å². The molecule has 0 saturated carbocycles. The molecule has 0 spiro atoms. The summed E-state index contributed by atoms with van der Waals surface area (Å²) in [4.78, 5) is 17.4. The van der Waals surface area contributed by atoms with Gasteiger partial charge in [-0.15, -0.1) is 0 Å². The molecule has 1 aliphatic heterocycles. The molecular weight excluding hydrogens is 312 g/mol. The van der Waals surface area contributed by atoms with Crippen LogP contribution in [0.25, 0.3) is 11.1 Å². The molecule has 1 fully saturated rings. The Bertz CT molecular complexity index is 625. The Kier molecular flexibility index (Phi) is 3.18. The Hall–Kier alpha value is -1.56. The van der Waals surface area contributed by atoms with Crippen molar-refractivity contribution < 1.29 is 14.3 Å². The summed E-state index contributed by atoms with van der Waals surface area (Å²) in [5.41, 5.74) is 1.41. The van der Waals surface area contributed by atoms with Crippen LogP contribution in [0.5, 0.6) is 0 Å². The van der Waals surface area contributed by atoms with Crippen LogP contribution in [0.2, 0.25) is 0 Å². The van der Waals surface area contributed by atoms with Crippen LogP contribution in [-0.4, -0.2) is 28.6 Å². The molecule has 6 heteroatoms. The number of oxazole rings is 1. The highest BCUT2D eigenvalue weighted by Gasteiger charge is 2.31. The number of aliphatic carboxylic acids is 1. The minimum atomic E-state index is -0.817. The Morgan fingerprint density at radius 2 is 2.32 bits per heavy atom. The lowest BCUT2D eigenvalue weighted by Gasteiger charge is -2.31. The van der Waals surface area contributed by atoms with Gasteiger partial charge in [-0.3, -0.25) is 0 Å². The number of aromatic nitrogens is 1. The van der Waals surface area contributed by atoms with Gasteiger partial charge in [0.2, 0.25) is 0 Å². The summed E-state index contributed by atoms with van der Waals surface area (Å²) in [6.45, 7) is 0.672. The SMILES string of the molecule is O=C(O)C1CCCCN1c1nc2ccc(Br)cc2o1. The van der Waals surface area contributed by atoms with Crippen molar-refractivity contribution in [2.24, 2.45) is 0 Å². The van der Waals surface area contributed by atoms with E-state index in [2.05, 4.69) is 20.9 Å². The van der Waals surface area contributed by atoms with Gasteiger partial charge in [-0.2, -0.15) is 4.98 Å². The second-order valence-corrected chi connectivity index (χ2v) is 5.57. The zero-order valence-corrected chi connectivity index (χ0v) is 11.8. The highest BCUT2D eigenvalue weighted by molar-refractivity contribution is 9.10. The quantitative estimate of drug-likeness (QED) is 0.919. The molecule has 1 saturated heterocycles. The number of piperidine rings is 1. The fourth-order valence-corrected chi connectivity index (χ4v) is 2.77. The van der Waals surface area contributed by atoms with Gasteiger partial charge in [0.1, 0.15) is 11.6 Å². The van der Waals surface area contributed by atoms with Gasteiger partial charge in [0.05, 0.1) is 0 Å². The number of carboxylic acid groups (broad SMARTS) is 1. The van der Waals surface area contributed by atoms with Gasteiger partial charge in [-0.1, -0.05) is 15.9 Å². The van der Waals surface area contributed by atoms with Crippen molar-refractivity contribution >= 4 is 39.0 Å². The van der Waals surface area contributed by atoms with Gasteiger partial charge in [-0.05, 0) is 37.5 Å². The summed E-state index contributed by atoms with van der Waals surface area (Å²) in [6, 6.07) is 5.45. The van der Waals surface area contributed by atoms with Crippen molar-refractivity contribution in [1.82, 2.24) is 4.98 Å². The number of hydrogen-bond acceptors (Lipinski definition) is 4. The van der Waals surface area contributed by atoms with Crippen LogP contribution in [0.1, 0.15) is 19.3 Å². The zero-order chi connectivity index (χ0) is 13.4. The van der Waals surface area contributed by atoms with Crippen LogP contribution in [-0.2, 0) is 4.79 Å². The second-order valence-electron chi connectivity index (χ2n) is 4.65. The fraction of sp³-hybridized carbons (Fsp3) is 0.385. The lowest BCUT2D eigenvalue weighted by atomic mass is 10.0. The molecule has 1 aromatic heterocycles. The highest BCUT2D eigenvalue weighted by Crippen LogP contribution is 2.29. The Morgan fingerprint density at radius 3 is 3.11 bits per heavy atom. The number of benzene rings is 1. The van der Waals surface area contributed by atoms with E-state index in [1.807, 2.05) is 18.2 Å².